The molecule has 3 atom stereocenters. The standard InChI is InChI=1S/C14H20N2O3/c1-15(2)8-11-6-10-7-16(9-13(10)19-11)14(17)12-4-3-5-18-12/h3-5,10-11,13H,6-9H2,1-2H3/t10-,11-,13+/m0/s1. The van der Waals surface area contributed by atoms with Crippen LogP contribution in [0.3, 0.4) is 0 Å². The van der Waals surface area contributed by atoms with Gasteiger partial charge in [-0.05, 0) is 32.6 Å². The molecule has 0 saturated carbocycles. The number of amides is 1. The molecule has 1 aromatic heterocycles. The van der Waals surface area contributed by atoms with Crippen molar-refractivity contribution in [3.8, 4) is 0 Å². The summed E-state index contributed by atoms with van der Waals surface area (Å²) in [6, 6.07) is 3.46. The summed E-state index contributed by atoms with van der Waals surface area (Å²) >= 11 is 0. The van der Waals surface area contributed by atoms with E-state index in [9.17, 15) is 4.79 Å². The zero-order valence-corrected chi connectivity index (χ0v) is 11.4. The summed E-state index contributed by atoms with van der Waals surface area (Å²) in [5.74, 6) is 0.876. The number of ether oxygens (including phenoxy) is 1. The molecule has 19 heavy (non-hydrogen) atoms. The third kappa shape index (κ3) is 2.53. The first-order chi connectivity index (χ1) is 9.13. The van der Waals surface area contributed by atoms with Crippen LogP contribution in [0.5, 0.6) is 0 Å². The van der Waals surface area contributed by atoms with Gasteiger partial charge < -0.3 is 19.0 Å². The van der Waals surface area contributed by atoms with Crippen molar-refractivity contribution in [2.45, 2.75) is 18.6 Å². The lowest BCUT2D eigenvalue weighted by molar-refractivity contribution is 0.0242. The Balaban J connectivity index is 1.58. The molecule has 0 aliphatic carbocycles. The maximum Gasteiger partial charge on any atom is 0.289 e. The van der Waals surface area contributed by atoms with E-state index < -0.39 is 0 Å². The third-order valence-electron chi connectivity index (χ3n) is 3.90. The minimum Gasteiger partial charge on any atom is -0.459 e. The van der Waals surface area contributed by atoms with Crippen molar-refractivity contribution < 1.29 is 13.9 Å². The van der Waals surface area contributed by atoms with Crippen LogP contribution < -0.4 is 0 Å². The maximum absolute atomic E-state index is 12.2. The number of hydrogen-bond acceptors (Lipinski definition) is 4. The second-order valence-corrected chi connectivity index (χ2v) is 5.74. The Labute approximate surface area is 113 Å². The molecule has 2 aliphatic rings. The molecule has 5 heteroatoms. The van der Waals surface area contributed by atoms with Crippen LogP contribution in [0.4, 0.5) is 0 Å². The molecule has 0 N–H and O–H groups in total. The van der Waals surface area contributed by atoms with E-state index in [0.29, 0.717) is 24.3 Å². The van der Waals surface area contributed by atoms with E-state index in [-0.39, 0.29) is 12.0 Å². The average molecular weight is 264 g/mol. The summed E-state index contributed by atoms with van der Waals surface area (Å²) in [6.45, 7) is 2.43. The number of carbonyl (C=O) groups excluding carboxylic acids is 1. The third-order valence-corrected chi connectivity index (χ3v) is 3.90. The van der Waals surface area contributed by atoms with Gasteiger partial charge in [0.2, 0.25) is 0 Å². The first-order valence-corrected chi connectivity index (χ1v) is 6.76. The van der Waals surface area contributed by atoms with Crippen molar-refractivity contribution in [2.24, 2.45) is 5.92 Å². The predicted molar refractivity (Wildman–Crippen MR) is 69.9 cm³/mol. The number of hydrogen-bond donors (Lipinski definition) is 0. The largest absolute Gasteiger partial charge is 0.459 e. The molecule has 3 rings (SSSR count). The fourth-order valence-electron chi connectivity index (χ4n) is 3.11. The van der Waals surface area contributed by atoms with Gasteiger partial charge in [-0.15, -0.1) is 0 Å². The van der Waals surface area contributed by atoms with Crippen molar-refractivity contribution in [1.29, 1.82) is 0 Å². The number of carbonyl (C=O) groups is 1. The quantitative estimate of drug-likeness (QED) is 0.819. The molecule has 0 aromatic carbocycles. The van der Waals surface area contributed by atoms with Crippen molar-refractivity contribution in [3.63, 3.8) is 0 Å². The van der Waals surface area contributed by atoms with Crippen LogP contribution in [-0.4, -0.2) is 61.6 Å². The summed E-state index contributed by atoms with van der Waals surface area (Å²) in [6.07, 6.45) is 3.09. The second kappa shape index (κ2) is 4.98. The Hall–Kier alpha value is -1.33. The van der Waals surface area contributed by atoms with Gasteiger partial charge >= 0.3 is 0 Å². The lowest BCUT2D eigenvalue weighted by Gasteiger charge is -2.20. The summed E-state index contributed by atoms with van der Waals surface area (Å²) in [7, 11) is 4.12. The van der Waals surface area contributed by atoms with E-state index in [4.69, 9.17) is 9.15 Å². The number of furan rings is 1. The van der Waals surface area contributed by atoms with E-state index in [1.807, 2.05) is 4.90 Å². The number of likely N-dealkylation sites (N-methyl/N-ethyl adjacent to an activating group) is 1. The van der Waals surface area contributed by atoms with Crippen LogP contribution in [-0.2, 0) is 4.74 Å². The normalized spacial score (nSPS) is 30.1. The van der Waals surface area contributed by atoms with Gasteiger partial charge in [-0.3, -0.25) is 4.79 Å². The highest BCUT2D eigenvalue weighted by Gasteiger charge is 2.43. The molecule has 1 amide bonds. The highest BCUT2D eigenvalue weighted by atomic mass is 16.5. The fraction of sp³-hybridized carbons (Fsp3) is 0.643. The van der Waals surface area contributed by atoms with E-state index in [0.717, 1.165) is 19.5 Å². The summed E-state index contributed by atoms with van der Waals surface area (Å²) in [5.41, 5.74) is 0. The molecular formula is C14H20N2O3. The zero-order valence-electron chi connectivity index (χ0n) is 11.4. The monoisotopic (exact) mass is 264 g/mol. The smallest absolute Gasteiger partial charge is 0.289 e. The predicted octanol–water partition coefficient (Wildman–Crippen LogP) is 1.07. The molecule has 2 fully saturated rings. The molecule has 0 unspecified atom stereocenters. The highest BCUT2D eigenvalue weighted by molar-refractivity contribution is 5.91. The van der Waals surface area contributed by atoms with Crippen LogP contribution in [0.1, 0.15) is 17.0 Å². The topological polar surface area (TPSA) is 45.9 Å². The average Bonchev–Trinajstić information content (AvgIpc) is 3.00. The van der Waals surface area contributed by atoms with Gasteiger partial charge in [-0.2, -0.15) is 0 Å². The Morgan fingerprint density at radius 2 is 2.32 bits per heavy atom. The van der Waals surface area contributed by atoms with Gasteiger partial charge in [-0.25, -0.2) is 0 Å². The lowest BCUT2D eigenvalue weighted by Crippen LogP contribution is -2.33. The number of nitrogens with zero attached hydrogens (tertiary/aromatic N) is 2. The summed E-state index contributed by atoms with van der Waals surface area (Å²) < 4.78 is 11.2. The molecular weight excluding hydrogens is 244 g/mol. The van der Waals surface area contributed by atoms with E-state index in [1.165, 1.54) is 6.26 Å². The van der Waals surface area contributed by atoms with Gasteiger partial charge in [0.1, 0.15) is 0 Å². The van der Waals surface area contributed by atoms with Gasteiger partial charge in [0.15, 0.2) is 5.76 Å². The van der Waals surface area contributed by atoms with Gasteiger partial charge in [0.25, 0.3) is 5.91 Å². The highest BCUT2D eigenvalue weighted by Crippen LogP contribution is 2.33. The minimum absolute atomic E-state index is 0.0211. The van der Waals surface area contributed by atoms with Crippen LogP contribution in [0.2, 0.25) is 0 Å². The van der Waals surface area contributed by atoms with Gasteiger partial charge in [0, 0.05) is 25.6 Å². The molecule has 5 nitrogen and oxygen atoms in total. The fourth-order valence-corrected chi connectivity index (χ4v) is 3.11. The first kappa shape index (κ1) is 12.7. The molecule has 2 aliphatic heterocycles. The maximum atomic E-state index is 12.2. The molecule has 0 bridgehead atoms. The van der Waals surface area contributed by atoms with Crippen LogP contribution in [0.25, 0.3) is 0 Å². The molecule has 0 spiro atoms. The van der Waals surface area contributed by atoms with E-state index >= 15 is 0 Å². The van der Waals surface area contributed by atoms with Crippen molar-refractivity contribution in [2.75, 3.05) is 33.7 Å². The number of fused-ring (bicyclic) bond motifs is 1. The van der Waals surface area contributed by atoms with Gasteiger partial charge in [-0.1, -0.05) is 0 Å². The SMILES string of the molecule is CN(C)C[C@@H]1C[C@H]2CN(C(=O)c3ccco3)C[C@H]2O1. The van der Waals surface area contributed by atoms with E-state index in [1.54, 1.807) is 12.1 Å². The van der Waals surface area contributed by atoms with Crippen LogP contribution in [0, 0.1) is 5.92 Å². The number of rotatable bonds is 3. The van der Waals surface area contributed by atoms with Gasteiger partial charge in [0.05, 0.1) is 18.5 Å². The summed E-state index contributed by atoms with van der Waals surface area (Å²) in [5, 5.41) is 0. The number of likely N-dealkylation sites (tertiary alicyclic amines) is 1. The molecule has 2 saturated heterocycles. The molecule has 3 heterocycles. The Kier molecular flexibility index (Phi) is 3.33. The lowest BCUT2D eigenvalue weighted by atomic mass is 10.0. The van der Waals surface area contributed by atoms with Crippen molar-refractivity contribution in [3.05, 3.63) is 24.2 Å². The molecule has 104 valence electrons. The van der Waals surface area contributed by atoms with E-state index in [2.05, 4.69) is 19.0 Å². The minimum atomic E-state index is -0.0211. The molecule has 1 aromatic rings. The van der Waals surface area contributed by atoms with Crippen LogP contribution >= 0.6 is 0 Å². The second-order valence-electron chi connectivity index (χ2n) is 5.74. The Morgan fingerprint density at radius 3 is 2.95 bits per heavy atom. The zero-order chi connectivity index (χ0) is 13.4. The Bertz CT molecular complexity index is 430. The van der Waals surface area contributed by atoms with Crippen molar-refractivity contribution in [1.82, 2.24) is 9.80 Å². The summed E-state index contributed by atoms with van der Waals surface area (Å²) in [4.78, 5) is 16.2. The first-order valence-electron chi connectivity index (χ1n) is 6.76. The molecule has 0 radical (unpaired) electrons. The van der Waals surface area contributed by atoms with Crippen LogP contribution in [0.15, 0.2) is 22.8 Å². The Morgan fingerprint density at radius 1 is 1.47 bits per heavy atom. The van der Waals surface area contributed by atoms with Crippen molar-refractivity contribution >= 4 is 5.91 Å².